The number of rotatable bonds is 7. The Hall–Kier alpha value is -2.41. The van der Waals surface area contributed by atoms with Crippen LogP contribution in [-0.2, 0) is 9.59 Å². The minimum Gasteiger partial charge on any atom is -0.348 e. The van der Waals surface area contributed by atoms with Gasteiger partial charge in [0.15, 0.2) is 0 Å². The summed E-state index contributed by atoms with van der Waals surface area (Å²) in [6.07, 6.45) is 3.30. The van der Waals surface area contributed by atoms with Crippen molar-refractivity contribution in [2.24, 2.45) is 5.73 Å². The van der Waals surface area contributed by atoms with Gasteiger partial charge in [-0.1, -0.05) is 19.8 Å². The van der Waals surface area contributed by atoms with Gasteiger partial charge in [0.05, 0.1) is 5.69 Å². The molecule has 2 rings (SSSR count). The van der Waals surface area contributed by atoms with E-state index in [1.165, 1.54) is 5.01 Å². The van der Waals surface area contributed by atoms with Gasteiger partial charge in [-0.05, 0) is 30.7 Å². The average Bonchev–Trinajstić information content (AvgIpc) is 2.60. The van der Waals surface area contributed by atoms with Crippen molar-refractivity contribution < 1.29 is 14.4 Å². The number of carbonyl (C=O) groups excluding carboxylic acids is 3. The maximum Gasteiger partial charge on any atom is 0.251 e. The molecule has 0 radical (unpaired) electrons. The standard InChI is InChI=1S/C17H24N4O3/c1-2-3-4-13(11-18)19-17(24)12-5-7-14(8-6-12)21-16(23)10-9-15(22)20-21/h5-8,13H,2-4,9-11,18H2,1H3,(H,19,24)(H,20,22). The Labute approximate surface area is 141 Å². The Kier molecular flexibility index (Phi) is 6.31. The van der Waals surface area contributed by atoms with Crippen molar-refractivity contribution >= 4 is 23.4 Å². The summed E-state index contributed by atoms with van der Waals surface area (Å²) in [7, 11) is 0. The molecule has 1 heterocycles. The van der Waals surface area contributed by atoms with E-state index in [0.717, 1.165) is 19.3 Å². The van der Waals surface area contributed by atoms with E-state index in [2.05, 4.69) is 17.7 Å². The van der Waals surface area contributed by atoms with Crippen LogP contribution in [0.25, 0.3) is 0 Å². The van der Waals surface area contributed by atoms with Crippen molar-refractivity contribution in [3.05, 3.63) is 29.8 Å². The zero-order valence-corrected chi connectivity index (χ0v) is 13.9. The number of amides is 3. The van der Waals surface area contributed by atoms with Crippen molar-refractivity contribution in [1.82, 2.24) is 10.7 Å². The molecule has 1 fully saturated rings. The molecular formula is C17H24N4O3. The van der Waals surface area contributed by atoms with Crippen LogP contribution in [0, 0.1) is 0 Å². The van der Waals surface area contributed by atoms with E-state index in [4.69, 9.17) is 5.73 Å². The molecule has 0 aromatic heterocycles. The Morgan fingerprint density at radius 1 is 1.29 bits per heavy atom. The fraction of sp³-hybridized carbons (Fsp3) is 0.471. The molecule has 1 aromatic rings. The Morgan fingerprint density at radius 2 is 2.00 bits per heavy atom. The third kappa shape index (κ3) is 4.55. The number of hydrazine groups is 1. The van der Waals surface area contributed by atoms with E-state index in [1.54, 1.807) is 24.3 Å². The molecular weight excluding hydrogens is 308 g/mol. The van der Waals surface area contributed by atoms with Crippen LogP contribution < -0.4 is 21.5 Å². The highest BCUT2D eigenvalue weighted by Gasteiger charge is 2.24. The van der Waals surface area contributed by atoms with Gasteiger partial charge in [-0.15, -0.1) is 0 Å². The first-order valence-corrected chi connectivity index (χ1v) is 8.28. The van der Waals surface area contributed by atoms with E-state index in [9.17, 15) is 14.4 Å². The average molecular weight is 332 g/mol. The number of benzene rings is 1. The van der Waals surface area contributed by atoms with Crippen molar-refractivity contribution in [3.63, 3.8) is 0 Å². The van der Waals surface area contributed by atoms with Crippen LogP contribution in [0.15, 0.2) is 24.3 Å². The maximum absolute atomic E-state index is 12.3. The van der Waals surface area contributed by atoms with Crippen LogP contribution in [0.3, 0.4) is 0 Å². The van der Waals surface area contributed by atoms with Gasteiger partial charge in [-0.25, -0.2) is 5.01 Å². The van der Waals surface area contributed by atoms with Gasteiger partial charge in [-0.2, -0.15) is 0 Å². The predicted octanol–water partition coefficient (Wildman–Crippen LogP) is 1.09. The molecule has 1 saturated heterocycles. The number of nitrogens with one attached hydrogen (secondary N) is 2. The molecule has 1 aliphatic heterocycles. The lowest BCUT2D eigenvalue weighted by Gasteiger charge is -2.27. The second-order valence-electron chi connectivity index (χ2n) is 5.86. The molecule has 0 saturated carbocycles. The highest BCUT2D eigenvalue weighted by atomic mass is 16.2. The van der Waals surface area contributed by atoms with Gasteiger partial charge >= 0.3 is 0 Å². The lowest BCUT2D eigenvalue weighted by Crippen LogP contribution is -2.50. The van der Waals surface area contributed by atoms with E-state index in [-0.39, 0.29) is 36.6 Å². The lowest BCUT2D eigenvalue weighted by atomic mass is 10.1. The molecule has 7 heteroatoms. The molecule has 0 spiro atoms. The van der Waals surface area contributed by atoms with Crippen LogP contribution >= 0.6 is 0 Å². The lowest BCUT2D eigenvalue weighted by molar-refractivity contribution is -0.130. The fourth-order valence-electron chi connectivity index (χ4n) is 2.51. The molecule has 3 amide bonds. The number of nitrogens with two attached hydrogens (primary N) is 1. The summed E-state index contributed by atoms with van der Waals surface area (Å²) >= 11 is 0. The van der Waals surface area contributed by atoms with E-state index in [1.807, 2.05) is 0 Å². The first kappa shape index (κ1) is 17.9. The molecule has 0 aliphatic carbocycles. The Bertz CT molecular complexity index is 600. The largest absolute Gasteiger partial charge is 0.348 e. The number of hydrogen-bond acceptors (Lipinski definition) is 4. The zero-order chi connectivity index (χ0) is 17.5. The molecule has 130 valence electrons. The van der Waals surface area contributed by atoms with Crippen molar-refractivity contribution in [2.75, 3.05) is 11.6 Å². The van der Waals surface area contributed by atoms with E-state index in [0.29, 0.717) is 17.8 Å². The minimum absolute atomic E-state index is 0.0416. The number of carbonyl (C=O) groups is 3. The second kappa shape index (κ2) is 8.44. The number of hydrogen-bond donors (Lipinski definition) is 3. The topological polar surface area (TPSA) is 105 Å². The van der Waals surface area contributed by atoms with Gasteiger partial charge in [0.25, 0.3) is 5.91 Å². The summed E-state index contributed by atoms with van der Waals surface area (Å²) in [6, 6.07) is 6.50. The normalized spacial score (nSPS) is 15.8. The smallest absolute Gasteiger partial charge is 0.251 e. The maximum atomic E-state index is 12.3. The first-order valence-electron chi connectivity index (χ1n) is 8.28. The third-order valence-electron chi connectivity index (χ3n) is 3.97. The van der Waals surface area contributed by atoms with E-state index < -0.39 is 0 Å². The van der Waals surface area contributed by atoms with Gasteiger partial charge < -0.3 is 11.1 Å². The number of nitrogens with zero attached hydrogens (tertiary/aromatic N) is 1. The van der Waals surface area contributed by atoms with Crippen molar-refractivity contribution in [3.8, 4) is 0 Å². The van der Waals surface area contributed by atoms with Gasteiger partial charge in [-0.3, -0.25) is 19.8 Å². The number of unbranched alkanes of at least 4 members (excludes halogenated alkanes) is 1. The van der Waals surface area contributed by atoms with Gasteiger partial charge in [0.2, 0.25) is 11.8 Å². The minimum atomic E-state index is -0.196. The SMILES string of the molecule is CCCCC(CN)NC(=O)c1ccc(N2NC(=O)CCC2=O)cc1. The summed E-state index contributed by atoms with van der Waals surface area (Å²) in [4.78, 5) is 35.6. The highest BCUT2D eigenvalue weighted by molar-refractivity contribution is 6.01. The van der Waals surface area contributed by atoms with Crippen LogP contribution in [0.4, 0.5) is 5.69 Å². The molecule has 4 N–H and O–H groups in total. The molecule has 1 atom stereocenters. The Balaban J connectivity index is 2.01. The van der Waals surface area contributed by atoms with Crippen LogP contribution in [0.5, 0.6) is 0 Å². The summed E-state index contributed by atoms with van der Waals surface area (Å²) < 4.78 is 0. The highest BCUT2D eigenvalue weighted by Crippen LogP contribution is 2.17. The van der Waals surface area contributed by atoms with E-state index >= 15 is 0 Å². The van der Waals surface area contributed by atoms with Crippen molar-refractivity contribution in [2.45, 2.75) is 45.1 Å². The van der Waals surface area contributed by atoms with Crippen LogP contribution in [-0.4, -0.2) is 30.3 Å². The Morgan fingerprint density at radius 3 is 2.62 bits per heavy atom. The summed E-state index contributed by atoms with van der Waals surface area (Å²) in [5.74, 6) is -0.560. The van der Waals surface area contributed by atoms with Crippen LogP contribution in [0.2, 0.25) is 0 Å². The molecule has 1 unspecified atom stereocenters. The van der Waals surface area contributed by atoms with Crippen molar-refractivity contribution in [1.29, 1.82) is 0 Å². The molecule has 1 aromatic carbocycles. The molecule has 24 heavy (non-hydrogen) atoms. The summed E-state index contributed by atoms with van der Waals surface area (Å²) in [6.45, 7) is 2.49. The summed E-state index contributed by atoms with van der Waals surface area (Å²) in [5, 5.41) is 4.14. The molecule has 0 bridgehead atoms. The van der Waals surface area contributed by atoms with Crippen LogP contribution in [0.1, 0.15) is 49.4 Å². The van der Waals surface area contributed by atoms with Gasteiger partial charge in [0.1, 0.15) is 0 Å². The fourth-order valence-corrected chi connectivity index (χ4v) is 2.51. The zero-order valence-electron chi connectivity index (χ0n) is 13.9. The predicted molar refractivity (Wildman–Crippen MR) is 91.1 cm³/mol. The second-order valence-corrected chi connectivity index (χ2v) is 5.86. The quantitative estimate of drug-likeness (QED) is 0.695. The molecule has 7 nitrogen and oxygen atoms in total. The number of anilines is 1. The first-order chi connectivity index (χ1) is 11.5. The van der Waals surface area contributed by atoms with Gasteiger partial charge in [0, 0.05) is 31.0 Å². The summed E-state index contributed by atoms with van der Waals surface area (Å²) in [5.41, 5.74) is 9.24. The monoisotopic (exact) mass is 332 g/mol. The third-order valence-corrected chi connectivity index (χ3v) is 3.97. The molecule has 1 aliphatic rings.